The summed E-state index contributed by atoms with van der Waals surface area (Å²) in [7, 11) is 0. The monoisotopic (exact) mass is 336 g/mol. The molecule has 1 fully saturated rings. The van der Waals surface area contributed by atoms with Crippen LogP contribution in [0.15, 0.2) is 30.6 Å². The van der Waals surface area contributed by atoms with E-state index in [0.717, 1.165) is 24.2 Å². The molecule has 2 atom stereocenters. The van der Waals surface area contributed by atoms with Gasteiger partial charge in [0.05, 0.1) is 12.1 Å². The van der Waals surface area contributed by atoms with Crippen LogP contribution in [0.25, 0.3) is 5.69 Å². The second-order valence-electron chi connectivity index (χ2n) is 5.83. The lowest BCUT2D eigenvalue weighted by Gasteiger charge is -2.21. The Labute approximate surface area is 141 Å². The van der Waals surface area contributed by atoms with Crippen LogP contribution in [0, 0.1) is 5.92 Å². The number of rotatable bonds is 4. The molecule has 1 saturated heterocycles. The lowest BCUT2D eigenvalue weighted by atomic mass is 10.1. The van der Waals surface area contributed by atoms with Crippen molar-refractivity contribution in [1.82, 2.24) is 25.1 Å². The van der Waals surface area contributed by atoms with Crippen LogP contribution in [0.5, 0.6) is 0 Å². The first-order valence-electron chi connectivity index (χ1n) is 7.49. The van der Waals surface area contributed by atoms with E-state index < -0.39 is 0 Å². The Morgan fingerprint density at radius 2 is 2.09 bits per heavy atom. The van der Waals surface area contributed by atoms with Gasteiger partial charge in [-0.3, -0.25) is 4.79 Å². The van der Waals surface area contributed by atoms with E-state index in [1.807, 2.05) is 29.2 Å². The van der Waals surface area contributed by atoms with Crippen molar-refractivity contribution in [3.8, 4) is 5.69 Å². The maximum absolute atomic E-state index is 12.4. The van der Waals surface area contributed by atoms with Crippen molar-refractivity contribution in [1.29, 1.82) is 0 Å². The smallest absolute Gasteiger partial charge is 0.227 e. The van der Waals surface area contributed by atoms with Gasteiger partial charge in [-0.1, -0.05) is 12.1 Å². The number of carbonyl (C=O) groups excluding carboxylic acids is 1. The Kier molecular flexibility index (Phi) is 5.68. The highest BCUT2D eigenvalue weighted by Crippen LogP contribution is 2.23. The van der Waals surface area contributed by atoms with Crippen molar-refractivity contribution in [2.45, 2.75) is 25.8 Å². The van der Waals surface area contributed by atoms with Crippen molar-refractivity contribution >= 4 is 18.3 Å². The van der Waals surface area contributed by atoms with E-state index in [2.05, 4.69) is 22.4 Å². The molecule has 0 spiro atoms. The molecule has 0 aliphatic carbocycles. The maximum Gasteiger partial charge on any atom is 0.227 e. The molecule has 2 aromatic rings. The summed E-state index contributed by atoms with van der Waals surface area (Å²) in [5.74, 6) is 0.597. The second kappa shape index (κ2) is 7.52. The Morgan fingerprint density at radius 1 is 1.35 bits per heavy atom. The summed E-state index contributed by atoms with van der Waals surface area (Å²) >= 11 is 0. The highest BCUT2D eigenvalue weighted by atomic mass is 35.5. The first-order chi connectivity index (χ1) is 10.7. The average Bonchev–Trinajstić information content (AvgIpc) is 3.17. The zero-order chi connectivity index (χ0) is 15.5. The molecule has 1 aromatic carbocycles. The summed E-state index contributed by atoms with van der Waals surface area (Å²) in [5.41, 5.74) is 7.58. The van der Waals surface area contributed by atoms with Gasteiger partial charge in [0.2, 0.25) is 5.91 Å². The standard InChI is InChI=1S/C15H20N6O.ClH/c1-11-6-13(8-16)9-20(11)15(22)7-12-2-4-14(5-3-12)21-10-17-18-19-21;/h2-5,10-11,13H,6-9,16H2,1H3;1H. The molecule has 23 heavy (non-hydrogen) atoms. The quantitative estimate of drug-likeness (QED) is 0.892. The van der Waals surface area contributed by atoms with Crippen LogP contribution in [0.2, 0.25) is 0 Å². The molecule has 0 radical (unpaired) electrons. The Bertz CT molecular complexity index is 630. The van der Waals surface area contributed by atoms with E-state index >= 15 is 0 Å². The topological polar surface area (TPSA) is 89.9 Å². The van der Waals surface area contributed by atoms with Crippen LogP contribution in [-0.2, 0) is 11.2 Å². The molecular formula is C15H21ClN6O. The molecule has 124 valence electrons. The van der Waals surface area contributed by atoms with Crippen molar-refractivity contribution in [3.05, 3.63) is 36.2 Å². The van der Waals surface area contributed by atoms with Gasteiger partial charge >= 0.3 is 0 Å². The van der Waals surface area contributed by atoms with Crippen molar-refractivity contribution in [3.63, 3.8) is 0 Å². The average molecular weight is 337 g/mol. The number of nitrogens with two attached hydrogens (primary N) is 1. The molecule has 2 N–H and O–H groups in total. The van der Waals surface area contributed by atoms with Crippen LogP contribution in [0.1, 0.15) is 18.9 Å². The fourth-order valence-electron chi connectivity index (χ4n) is 2.98. The number of benzene rings is 1. The van der Waals surface area contributed by atoms with Gasteiger partial charge in [-0.2, -0.15) is 0 Å². The third kappa shape index (κ3) is 3.86. The fraction of sp³-hybridized carbons (Fsp3) is 0.467. The number of hydrogen-bond acceptors (Lipinski definition) is 5. The highest BCUT2D eigenvalue weighted by Gasteiger charge is 2.31. The van der Waals surface area contributed by atoms with Gasteiger partial charge in [0, 0.05) is 12.6 Å². The lowest BCUT2D eigenvalue weighted by molar-refractivity contribution is -0.131. The van der Waals surface area contributed by atoms with Crippen LogP contribution in [-0.4, -0.2) is 50.1 Å². The molecule has 8 heteroatoms. The number of amides is 1. The minimum Gasteiger partial charge on any atom is -0.339 e. The van der Waals surface area contributed by atoms with Gasteiger partial charge in [-0.25, -0.2) is 4.68 Å². The molecule has 1 amide bonds. The predicted molar refractivity (Wildman–Crippen MR) is 88.4 cm³/mol. The molecule has 1 aliphatic heterocycles. The van der Waals surface area contributed by atoms with E-state index in [4.69, 9.17) is 5.73 Å². The van der Waals surface area contributed by atoms with E-state index in [-0.39, 0.29) is 24.4 Å². The third-order valence-electron chi connectivity index (χ3n) is 4.22. The normalized spacial score (nSPS) is 20.3. The Balaban J connectivity index is 0.00000192. The van der Waals surface area contributed by atoms with Gasteiger partial charge in [-0.15, -0.1) is 17.5 Å². The summed E-state index contributed by atoms with van der Waals surface area (Å²) in [6.07, 6.45) is 2.96. The molecule has 1 aromatic heterocycles. The largest absolute Gasteiger partial charge is 0.339 e. The van der Waals surface area contributed by atoms with E-state index in [1.54, 1.807) is 11.0 Å². The van der Waals surface area contributed by atoms with Gasteiger partial charge in [0.1, 0.15) is 6.33 Å². The minimum absolute atomic E-state index is 0. The van der Waals surface area contributed by atoms with Crippen LogP contribution < -0.4 is 5.73 Å². The number of nitrogens with zero attached hydrogens (tertiary/aromatic N) is 5. The minimum atomic E-state index is 0. The molecule has 0 saturated carbocycles. The van der Waals surface area contributed by atoms with Gasteiger partial charge in [0.25, 0.3) is 0 Å². The molecule has 3 rings (SSSR count). The highest BCUT2D eigenvalue weighted by molar-refractivity contribution is 5.85. The summed E-state index contributed by atoms with van der Waals surface area (Å²) < 4.78 is 1.58. The molecular weight excluding hydrogens is 316 g/mol. The molecule has 0 bridgehead atoms. The van der Waals surface area contributed by atoms with E-state index in [9.17, 15) is 4.79 Å². The first-order valence-corrected chi connectivity index (χ1v) is 7.49. The fourth-order valence-corrected chi connectivity index (χ4v) is 2.98. The van der Waals surface area contributed by atoms with Gasteiger partial charge < -0.3 is 10.6 Å². The number of likely N-dealkylation sites (tertiary alicyclic amines) is 1. The number of hydrogen-bond donors (Lipinski definition) is 1. The van der Waals surface area contributed by atoms with Crippen LogP contribution in [0.4, 0.5) is 0 Å². The van der Waals surface area contributed by atoms with Crippen molar-refractivity contribution < 1.29 is 4.79 Å². The number of aromatic nitrogens is 4. The van der Waals surface area contributed by atoms with Gasteiger partial charge in [0.15, 0.2) is 0 Å². The predicted octanol–water partition coefficient (Wildman–Crippen LogP) is 0.822. The van der Waals surface area contributed by atoms with Crippen molar-refractivity contribution in [2.75, 3.05) is 13.1 Å². The molecule has 1 aliphatic rings. The first kappa shape index (κ1) is 17.4. The Hall–Kier alpha value is -1.99. The third-order valence-corrected chi connectivity index (χ3v) is 4.22. The van der Waals surface area contributed by atoms with E-state index in [0.29, 0.717) is 18.9 Å². The van der Waals surface area contributed by atoms with Crippen LogP contribution in [0.3, 0.4) is 0 Å². The second-order valence-corrected chi connectivity index (χ2v) is 5.83. The van der Waals surface area contributed by atoms with Gasteiger partial charge in [-0.05, 0) is 53.9 Å². The SMILES string of the molecule is CC1CC(CN)CN1C(=O)Cc1ccc(-n2cnnn2)cc1.Cl. The maximum atomic E-state index is 12.4. The molecule has 2 heterocycles. The molecule has 7 nitrogen and oxygen atoms in total. The summed E-state index contributed by atoms with van der Waals surface area (Å²) in [6.45, 7) is 3.52. The van der Waals surface area contributed by atoms with E-state index in [1.165, 1.54) is 0 Å². The Morgan fingerprint density at radius 3 is 2.65 bits per heavy atom. The van der Waals surface area contributed by atoms with Crippen molar-refractivity contribution in [2.24, 2.45) is 11.7 Å². The molecule has 2 unspecified atom stereocenters. The summed E-state index contributed by atoms with van der Waals surface area (Å²) in [6, 6.07) is 7.98. The number of carbonyl (C=O) groups is 1. The number of tetrazole rings is 1. The summed E-state index contributed by atoms with van der Waals surface area (Å²) in [5, 5.41) is 11.0. The summed E-state index contributed by atoms with van der Waals surface area (Å²) in [4.78, 5) is 14.4. The van der Waals surface area contributed by atoms with Crippen LogP contribution >= 0.6 is 12.4 Å². The number of halogens is 1. The lowest BCUT2D eigenvalue weighted by Crippen LogP contribution is -2.35. The zero-order valence-electron chi connectivity index (χ0n) is 13.0. The zero-order valence-corrected chi connectivity index (χ0v) is 13.8.